The average Bonchev–Trinajstić information content (AvgIpc) is 3.32. The molecule has 0 bridgehead atoms. The van der Waals surface area contributed by atoms with Crippen LogP contribution >= 0.6 is 0 Å². The van der Waals surface area contributed by atoms with Crippen LogP contribution < -0.4 is 0 Å². The fourth-order valence-corrected chi connectivity index (χ4v) is 6.50. The van der Waals surface area contributed by atoms with Crippen molar-refractivity contribution in [2.24, 2.45) is 0 Å². The molecule has 0 rings (SSSR count). The van der Waals surface area contributed by atoms with Crippen LogP contribution in [0.5, 0.6) is 0 Å². The molecule has 0 aliphatic rings. The maximum atomic E-state index is 12.8. The molecule has 0 N–H and O–H groups in total. The minimum Gasteiger partial charge on any atom is -0.462 e. The summed E-state index contributed by atoms with van der Waals surface area (Å²) in [6, 6.07) is 0. The maximum absolute atomic E-state index is 12.8. The molecule has 0 fully saturated rings. The molecule has 0 aromatic heterocycles. The van der Waals surface area contributed by atoms with Crippen LogP contribution in [0.1, 0.15) is 201 Å². The molecule has 0 aromatic rings. The van der Waals surface area contributed by atoms with Crippen molar-refractivity contribution in [1.29, 1.82) is 0 Å². The quantitative estimate of drug-likeness (QED) is 0.0346. The maximum Gasteiger partial charge on any atom is 0.306 e. The first-order chi connectivity index (χ1) is 32.6. The first-order valence-electron chi connectivity index (χ1n) is 26.4. The van der Waals surface area contributed by atoms with Crippen molar-refractivity contribution >= 4 is 11.9 Å². The van der Waals surface area contributed by atoms with Gasteiger partial charge in [-0.25, -0.2) is 0 Å². The largest absolute Gasteiger partial charge is 0.462 e. The second-order valence-corrected chi connectivity index (χ2v) is 16.7. The van der Waals surface area contributed by atoms with Gasteiger partial charge in [-0.3, -0.25) is 9.59 Å². The Kier molecular flexibility index (Phi) is 51.6. The van der Waals surface area contributed by atoms with Crippen molar-refractivity contribution in [3.05, 3.63) is 146 Å². The summed E-state index contributed by atoms with van der Waals surface area (Å²) in [5.74, 6) is -0.560. The lowest BCUT2D eigenvalue weighted by molar-refractivity contribution is -0.162. The Balaban J connectivity index is 4.51. The molecule has 1 atom stereocenters. The van der Waals surface area contributed by atoms with Crippen LogP contribution in [0.25, 0.3) is 0 Å². The highest BCUT2D eigenvalue weighted by atomic mass is 16.6. The van der Waals surface area contributed by atoms with Crippen LogP contribution in [0, 0.1) is 0 Å². The Morgan fingerprint density at radius 2 is 0.712 bits per heavy atom. The third-order valence-electron chi connectivity index (χ3n) is 10.4. The Morgan fingerprint density at radius 3 is 1.15 bits per heavy atom. The average molecular weight is 909 g/mol. The standard InChI is InChI=1S/C61H96O5/c1-4-7-10-13-16-19-22-25-28-30-31-32-34-36-39-42-45-48-51-54-60(62)65-58-59(57-64-56-53-50-47-44-41-38-35-29-26-23-20-17-14-11-8-5-2)66-61(63)55-52-49-46-43-40-37-33-27-24-21-18-15-12-9-6-3/h7,9-10,12,16-21,25-29,31-33,36,39-40,43,45,48,59H,4-6,8,11,13-15,22-24,30,34-35,37-38,41-42,44,46-47,49-58H2,1-3H3/b10-7-,12-9-,19-16-,20-17-,21-18-,28-25-,29-26-,32-31-,33-27-,39-36-,43-40-,48-45-. The Labute approximate surface area is 406 Å². The number of rotatable bonds is 46. The monoisotopic (exact) mass is 909 g/mol. The molecule has 0 aromatic carbocycles. The minimum absolute atomic E-state index is 0.0139. The van der Waals surface area contributed by atoms with Gasteiger partial charge in [0.1, 0.15) is 6.61 Å². The van der Waals surface area contributed by atoms with Crippen molar-refractivity contribution in [3.8, 4) is 0 Å². The van der Waals surface area contributed by atoms with Gasteiger partial charge in [-0.1, -0.05) is 205 Å². The fourth-order valence-electron chi connectivity index (χ4n) is 6.50. The van der Waals surface area contributed by atoms with E-state index in [1.165, 1.54) is 51.4 Å². The molecule has 370 valence electrons. The van der Waals surface area contributed by atoms with Gasteiger partial charge < -0.3 is 14.2 Å². The molecule has 0 amide bonds. The molecule has 0 radical (unpaired) electrons. The highest BCUT2D eigenvalue weighted by Gasteiger charge is 2.17. The summed E-state index contributed by atoms with van der Waals surface area (Å²) in [5, 5.41) is 0. The summed E-state index contributed by atoms with van der Waals surface area (Å²) in [6.45, 7) is 7.40. The number of hydrogen-bond donors (Lipinski definition) is 0. The molecule has 66 heavy (non-hydrogen) atoms. The van der Waals surface area contributed by atoms with Crippen LogP contribution in [-0.2, 0) is 23.8 Å². The van der Waals surface area contributed by atoms with Crippen LogP contribution in [-0.4, -0.2) is 37.9 Å². The van der Waals surface area contributed by atoms with Crippen LogP contribution in [0.4, 0.5) is 0 Å². The second kappa shape index (κ2) is 55.1. The van der Waals surface area contributed by atoms with E-state index >= 15 is 0 Å². The van der Waals surface area contributed by atoms with Crippen molar-refractivity contribution in [3.63, 3.8) is 0 Å². The van der Waals surface area contributed by atoms with E-state index in [0.717, 1.165) is 109 Å². The summed E-state index contributed by atoms with van der Waals surface area (Å²) < 4.78 is 17.3. The van der Waals surface area contributed by atoms with Gasteiger partial charge in [0, 0.05) is 19.4 Å². The molecule has 0 aliphatic heterocycles. The summed E-state index contributed by atoms with van der Waals surface area (Å²) in [4.78, 5) is 25.4. The first-order valence-corrected chi connectivity index (χ1v) is 26.4. The first kappa shape index (κ1) is 61.8. The molecule has 0 heterocycles. The lowest BCUT2D eigenvalue weighted by atomic mass is 10.1. The van der Waals surface area contributed by atoms with E-state index in [4.69, 9.17) is 14.2 Å². The number of hydrogen-bond acceptors (Lipinski definition) is 5. The Hall–Kier alpha value is -4.22. The molecular weight excluding hydrogens is 813 g/mol. The molecule has 1 unspecified atom stereocenters. The van der Waals surface area contributed by atoms with E-state index in [2.05, 4.69) is 161 Å². The van der Waals surface area contributed by atoms with Crippen LogP contribution in [0.2, 0.25) is 0 Å². The molecular formula is C61H96O5. The van der Waals surface area contributed by atoms with Crippen molar-refractivity contribution in [2.75, 3.05) is 19.8 Å². The highest BCUT2D eigenvalue weighted by molar-refractivity contribution is 5.70. The molecule has 0 saturated heterocycles. The lowest BCUT2D eigenvalue weighted by Crippen LogP contribution is -2.30. The second-order valence-electron chi connectivity index (χ2n) is 16.7. The number of esters is 2. The minimum atomic E-state index is -0.605. The Morgan fingerprint density at radius 1 is 0.348 bits per heavy atom. The van der Waals surface area contributed by atoms with E-state index < -0.39 is 6.10 Å². The topological polar surface area (TPSA) is 61.8 Å². The van der Waals surface area contributed by atoms with E-state index in [9.17, 15) is 9.59 Å². The van der Waals surface area contributed by atoms with Crippen molar-refractivity contribution in [2.45, 2.75) is 207 Å². The normalized spacial score (nSPS) is 13.4. The van der Waals surface area contributed by atoms with Crippen LogP contribution in [0.15, 0.2) is 146 Å². The SMILES string of the molecule is CC/C=C\C/C=C\C/C=C\C/C=C\C/C=C\C/C=C\CCC(=O)OCC(COCCCCCCCC/C=C\C/C=C\CCCCC)OC(=O)CCCC/C=C\C/C=C\C/C=C\C/C=C\CC. The predicted octanol–water partition coefficient (Wildman–Crippen LogP) is 18.1. The predicted molar refractivity (Wildman–Crippen MR) is 288 cm³/mol. The van der Waals surface area contributed by atoms with E-state index in [1.54, 1.807) is 0 Å². The van der Waals surface area contributed by atoms with Gasteiger partial charge in [0.25, 0.3) is 0 Å². The molecule has 5 nitrogen and oxygen atoms in total. The zero-order valence-corrected chi connectivity index (χ0v) is 42.4. The fraction of sp³-hybridized carbons (Fsp3) is 0.574. The van der Waals surface area contributed by atoms with E-state index in [1.807, 2.05) is 6.08 Å². The summed E-state index contributed by atoms with van der Waals surface area (Å²) in [7, 11) is 0. The van der Waals surface area contributed by atoms with Gasteiger partial charge in [0.15, 0.2) is 6.10 Å². The van der Waals surface area contributed by atoms with Gasteiger partial charge in [-0.15, -0.1) is 0 Å². The van der Waals surface area contributed by atoms with Gasteiger partial charge in [-0.05, 0) is 128 Å². The lowest BCUT2D eigenvalue weighted by Gasteiger charge is -2.18. The van der Waals surface area contributed by atoms with Crippen LogP contribution in [0.3, 0.4) is 0 Å². The zero-order valence-electron chi connectivity index (χ0n) is 42.4. The van der Waals surface area contributed by atoms with Crippen molar-refractivity contribution in [1.82, 2.24) is 0 Å². The van der Waals surface area contributed by atoms with E-state index in [-0.39, 0.29) is 31.6 Å². The molecule has 0 saturated carbocycles. The van der Waals surface area contributed by atoms with Gasteiger partial charge >= 0.3 is 11.9 Å². The zero-order chi connectivity index (χ0) is 47.7. The van der Waals surface area contributed by atoms with Gasteiger partial charge in [0.2, 0.25) is 0 Å². The molecule has 0 spiro atoms. The van der Waals surface area contributed by atoms with Gasteiger partial charge in [-0.2, -0.15) is 0 Å². The summed E-state index contributed by atoms with van der Waals surface area (Å²) >= 11 is 0. The number of unbranched alkanes of at least 4 members (excludes halogenated alkanes) is 11. The summed E-state index contributed by atoms with van der Waals surface area (Å²) in [6.07, 6.45) is 80.1. The number of carbonyl (C=O) groups excluding carboxylic acids is 2. The summed E-state index contributed by atoms with van der Waals surface area (Å²) in [5.41, 5.74) is 0. The number of allylic oxidation sites excluding steroid dienone is 24. The number of ether oxygens (including phenoxy) is 3. The molecule has 5 heteroatoms. The third-order valence-corrected chi connectivity index (χ3v) is 10.4. The third kappa shape index (κ3) is 52.4. The van der Waals surface area contributed by atoms with Crippen molar-refractivity contribution < 1.29 is 23.8 Å². The van der Waals surface area contributed by atoms with Gasteiger partial charge in [0.05, 0.1) is 6.61 Å². The van der Waals surface area contributed by atoms with E-state index in [0.29, 0.717) is 19.4 Å². The molecule has 0 aliphatic carbocycles. The number of carbonyl (C=O) groups is 2. The Bertz CT molecular complexity index is 1450. The smallest absolute Gasteiger partial charge is 0.306 e. The highest BCUT2D eigenvalue weighted by Crippen LogP contribution is 2.11.